The Balaban J connectivity index is 1.46. The van der Waals surface area contributed by atoms with Crippen molar-refractivity contribution in [3.05, 3.63) is 51.2 Å². The molecule has 0 radical (unpaired) electrons. The maximum atomic E-state index is 12.8. The summed E-state index contributed by atoms with van der Waals surface area (Å²) in [6.07, 6.45) is 7.32. The Kier molecular flexibility index (Phi) is 4.98. The van der Waals surface area contributed by atoms with Gasteiger partial charge in [-0.15, -0.1) is 0 Å². The lowest BCUT2D eigenvalue weighted by Crippen LogP contribution is -2.46. The van der Waals surface area contributed by atoms with Crippen LogP contribution in [0.5, 0.6) is 0 Å². The van der Waals surface area contributed by atoms with Gasteiger partial charge in [0.15, 0.2) is 0 Å². The second kappa shape index (κ2) is 7.56. The topological polar surface area (TPSA) is 92.2 Å². The fraction of sp³-hybridized carbons (Fsp3) is 0.526. The van der Waals surface area contributed by atoms with Crippen molar-refractivity contribution in [1.82, 2.24) is 25.0 Å². The van der Waals surface area contributed by atoms with Crippen LogP contribution in [0.4, 0.5) is 4.79 Å². The number of aromatic amines is 1. The SMILES string of the molecule is COCCn1cc2c(n1)C(NC(=O)N1CCc3cc[nH]c(=O)c3C1)CCC2. The predicted molar refractivity (Wildman–Crippen MR) is 99.5 cm³/mol. The highest BCUT2D eigenvalue weighted by atomic mass is 16.5. The molecule has 8 nitrogen and oxygen atoms in total. The molecule has 0 aromatic carbocycles. The quantitative estimate of drug-likeness (QED) is 0.849. The number of pyridine rings is 1. The molecule has 2 aromatic rings. The average molecular weight is 371 g/mol. The highest BCUT2D eigenvalue weighted by Gasteiger charge is 2.29. The molecular formula is C19H25N5O3. The molecule has 2 N–H and O–H groups in total. The van der Waals surface area contributed by atoms with Crippen molar-refractivity contribution >= 4 is 6.03 Å². The number of H-pyrrole nitrogens is 1. The van der Waals surface area contributed by atoms with E-state index in [4.69, 9.17) is 4.74 Å². The van der Waals surface area contributed by atoms with Crippen LogP contribution in [0, 0.1) is 0 Å². The number of urea groups is 1. The average Bonchev–Trinajstić information content (AvgIpc) is 3.10. The maximum Gasteiger partial charge on any atom is 0.318 e. The van der Waals surface area contributed by atoms with Crippen LogP contribution in [-0.4, -0.2) is 46.0 Å². The Bertz CT molecular complexity index is 888. The highest BCUT2D eigenvalue weighted by molar-refractivity contribution is 5.75. The van der Waals surface area contributed by atoms with Gasteiger partial charge in [0.1, 0.15) is 0 Å². The number of amides is 2. The van der Waals surface area contributed by atoms with Gasteiger partial charge < -0.3 is 19.9 Å². The van der Waals surface area contributed by atoms with Crippen LogP contribution in [-0.2, 0) is 30.7 Å². The molecule has 0 fully saturated rings. The molecule has 2 aliphatic rings. The number of nitrogens with one attached hydrogen (secondary N) is 2. The molecule has 0 spiro atoms. The van der Waals surface area contributed by atoms with Crippen molar-refractivity contribution in [2.45, 2.75) is 44.8 Å². The summed E-state index contributed by atoms with van der Waals surface area (Å²) in [5, 5.41) is 7.80. The first-order valence-electron chi connectivity index (χ1n) is 9.45. The molecule has 4 rings (SSSR count). The van der Waals surface area contributed by atoms with Crippen molar-refractivity contribution in [1.29, 1.82) is 0 Å². The van der Waals surface area contributed by atoms with Crippen molar-refractivity contribution in [3.63, 3.8) is 0 Å². The van der Waals surface area contributed by atoms with Crippen molar-refractivity contribution in [2.75, 3.05) is 20.3 Å². The summed E-state index contributed by atoms with van der Waals surface area (Å²) in [5.74, 6) is 0. The number of hydrogen-bond acceptors (Lipinski definition) is 4. The van der Waals surface area contributed by atoms with Gasteiger partial charge in [0, 0.05) is 31.6 Å². The summed E-state index contributed by atoms with van der Waals surface area (Å²) in [4.78, 5) is 29.3. The summed E-state index contributed by atoms with van der Waals surface area (Å²) < 4.78 is 7.02. The van der Waals surface area contributed by atoms with Gasteiger partial charge >= 0.3 is 6.03 Å². The van der Waals surface area contributed by atoms with E-state index in [2.05, 4.69) is 21.6 Å². The van der Waals surface area contributed by atoms with Crippen LogP contribution in [0.15, 0.2) is 23.3 Å². The first-order valence-corrected chi connectivity index (χ1v) is 9.45. The van der Waals surface area contributed by atoms with Gasteiger partial charge in [-0.05, 0) is 42.9 Å². The third kappa shape index (κ3) is 3.62. The zero-order valence-electron chi connectivity index (χ0n) is 15.5. The number of fused-ring (bicyclic) bond motifs is 2. The molecule has 0 bridgehead atoms. The largest absolute Gasteiger partial charge is 0.383 e. The standard InChI is InChI=1S/C19H25N5O3/c1-27-10-9-24-11-14-3-2-4-16(17(14)22-24)21-19(26)23-8-6-13-5-7-20-18(25)15(13)12-23/h5,7,11,16H,2-4,6,8-10,12H2,1H3,(H,20,25)(H,21,26). The molecule has 1 aliphatic heterocycles. The van der Waals surface area contributed by atoms with E-state index in [0.29, 0.717) is 38.2 Å². The van der Waals surface area contributed by atoms with Gasteiger partial charge in [-0.3, -0.25) is 9.48 Å². The molecule has 1 aliphatic carbocycles. The third-order valence-electron chi connectivity index (χ3n) is 5.41. The van der Waals surface area contributed by atoms with Crippen molar-refractivity contribution in [3.8, 4) is 0 Å². The number of hydrogen-bond donors (Lipinski definition) is 2. The summed E-state index contributed by atoms with van der Waals surface area (Å²) in [7, 11) is 1.67. The molecule has 0 saturated heterocycles. The molecule has 1 atom stereocenters. The monoisotopic (exact) mass is 371 g/mol. The van der Waals surface area contributed by atoms with Gasteiger partial charge in [-0.25, -0.2) is 4.79 Å². The number of ether oxygens (including phenoxy) is 1. The second-order valence-electron chi connectivity index (χ2n) is 7.17. The summed E-state index contributed by atoms with van der Waals surface area (Å²) in [5.41, 5.74) is 3.76. The fourth-order valence-electron chi connectivity index (χ4n) is 3.93. The van der Waals surface area contributed by atoms with E-state index in [1.54, 1.807) is 18.2 Å². The molecule has 2 aromatic heterocycles. The lowest BCUT2D eigenvalue weighted by atomic mass is 9.94. The first kappa shape index (κ1) is 17.8. The van der Waals surface area contributed by atoms with E-state index in [-0.39, 0.29) is 17.6 Å². The first-order chi connectivity index (χ1) is 13.2. The van der Waals surface area contributed by atoms with Crippen LogP contribution in [0.2, 0.25) is 0 Å². The number of carbonyl (C=O) groups is 1. The zero-order valence-corrected chi connectivity index (χ0v) is 15.5. The molecule has 2 amide bonds. The Morgan fingerprint density at radius 2 is 2.30 bits per heavy atom. The minimum Gasteiger partial charge on any atom is -0.383 e. The minimum atomic E-state index is -0.131. The van der Waals surface area contributed by atoms with Crippen molar-refractivity contribution in [2.24, 2.45) is 0 Å². The number of rotatable bonds is 4. The van der Waals surface area contributed by atoms with Crippen LogP contribution >= 0.6 is 0 Å². The van der Waals surface area contributed by atoms with E-state index in [1.807, 2.05) is 10.7 Å². The third-order valence-corrected chi connectivity index (χ3v) is 5.41. The molecule has 0 saturated carbocycles. The van der Waals surface area contributed by atoms with E-state index >= 15 is 0 Å². The Morgan fingerprint density at radius 3 is 3.15 bits per heavy atom. The second-order valence-corrected chi connectivity index (χ2v) is 7.17. The smallest absolute Gasteiger partial charge is 0.318 e. The zero-order chi connectivity index (χ0) is 18.8. The van der Waals surface area contributed by atoms with Crippen molar-refractivity contribution < 1.29 is 9.53 Å². The predicted octanol–water partition coefficient (Wildman–Crippen LogP) is 1.36. The van der Waals surface area contributed by atoms with Crippen LogP contribution in [0.1, 0.15) is 41.3 Å². The van der Waals surface area contributed by atoms with Crippen LogP contribution in [0.3, 0.4) is 0 Å². The summed E-state index contributed by atoms with van der Waals surface area (Å²) in [6, 6.07) is 1.71. The van der Waals surface area contributed by atoms with E-state index in [9.17, 15) is 9.59 Å². The minimum absolute atomic E-state index is 0.0829. The molecule has 3 heterocycles. The Labute approximate surface area is 157 Å². The number of carbonyl (C=O) groups excluding carboxylic acids is 1. The molecular weight excluding hydrogens is 346 g/mol. The molecule has 8 heteroatoms. The Hall–Kier alpha value is -2.61. The number of aromatic nitrogens is 3. The lowest BCUT2D eigenvalue weighted by Gasteiger charge is -2.31. The summed E-state index contributed by atoms with van der Waals surface area (Å²) >= 11 is 0. The van der Waals surface area contributed by atoms with Gasteiger partial charge in [-0.1, -0.05) is 0 Å². The number of methoxy groups -OCH3 is 1. The van der Waals surface area contributed by atoms with Gasteiger partial charge in [-0.2, -0.15) is 5.10 Å². The van der Waals surface area contributed by atoms with E-state index < -0.39 is 0 Å². The van der Waals surface area contributed by atoms with Gasteiger partial charge in [0.05, 0.1) is 31.4 Å². The molecule has 144 valence electrons. The fourth-order valence-corrected chi connectivity index (χ4v) is 3.93. The highest BCUT2D eigenvalue weighted by Crippen LogP contribution is 2.29. The van der Waals surface area contributed by atoms with E-state index in [1.165, 1.54) is 5.56 Å². The van der Waals surface area contributed by atoms with Crippen LogP contribution < -0.4 is 10.9 Å². The number of nitrogens with zero attached hydrogens (tertiary/aromatic N) is 3. The van der Waals surface area contributed by atoms with E-state index in [0.717, 1.165) is 30.5 Å². The Morgan fingerprint density at radius 1 is 1.41 bits per heavy atom. The molecule has 1 unspecified atom stereocenters. The summed E-state index contributed by atoms with van der Waals surface area (Å²) in [6.45, 7) is 2.28. The number of aryl methyl sites for hydroxylation is 1. The maximum absolute atomic E-state index is 12.8. The van der Waals surface area contributed by atoms with Gasteiger partial charge in [0.25, 0.3) is 5.56 Å². The normalized spacial score (nSPS) is 18.7. The molecule has 27 heavy (non-hydrogen) atoms. The van der Waals surface area contributed by atoms with Crippen LogP contribution in [0.25, 0.3) is 0 Å². The lowest BCUT2D eigenvalue weighted by molar-refractivity contribution is 0.182. The van der Waals surface area contributed by atoms with Gasteiger partial charge in [0.2, 0.25) is 0 Å².